The van der Waals surface area contributed by atoms with Crippen LogP contribution in [0.4, 0.5) is 5.69 Å². The largest absolute Gasteiger partial charge is 0.276 e. The van der Waals surface area contributed by atoms with Crippen molar-refractivity contribution in [1.82, 2.24) is 15.8 Å². The molecule has 1 aromatic carbocycles. The van der Waals surface area contributed by atoms with Crippen LogP contribution in [0.1, 0.15) is 16.6 Å². The molecule has 4 rings (SSSR count). The van der Waals surface area contributed by atoms with Gasteiger partial charge in [-0.25, -0.2) is 10.4 Å². The van der Waals surface area contributed by atoms with Gasteiger partial charge in [-0.2, -0.15) is 0 Å². The quantitative estimate of drug-likeness (QED) is 0.497. The van der Waals surface area contributed by atoms with Gasteiger partial charge in [0.1, 0.15) is 6.17 Å². The average molecular weight is 360 g/mol. The molecule has 3 heterocycles. The standard InChI is InChI=1S/C15H12N4O3S2/c20-14-12(8-9-3-5-10(6-4-9)19(21)22)24-15-16-13(17-18(14)15)11-2-1-7-23-11/h1-8,13,15-17H/b12-8+. The summed E-state index contributed by atoms with van der Waals surface area (Å²) in [5.74, 6) is -0.102. The first-order valence-corrected chi connectivity index (χ1v) is 8.90. The van der Waals surface area contributed by atoms with Crippen LogP contribution in [-0.4, -0.2) is 21.3 Å². The minimum atomic E-state index is -0.443. The second-order valence-corrected chi connectivity index (χ2v) is 7.35. The molecule has 2 aliphatic rings. The summed E-state index contributed by atoms with van der Waals surface area (Å²) in [6, 6.07) is 10.1. The fourth-order valence-electron chi connectivity index (χ4n) is 2.54. The summed E-state index contributed by atoms with van der Waals surface area (Å²) in [6.45, 7) is 0. The number of rotatable bonds is 3. The molecule has 2 fully saturated rings. The highest BCUT2D eigenvalue weighted by Crippen LogP contribution is 2.39. The molecule has 7 nitrogen and oxygen atoms in total. The van der Waals surface area contributed by atoms with E-state index in [4.69, 9.17) is 0 Å². The van der Waals surface area contributed by atoms with Gasteiger partial charge >= 0.3 is 0 Å². The highest BCUT2D eigenvalue weighted by molar-refractivity contribution is 8.05. The summed E-state index contributed by atoms with van der Waals surface area (Å²) in [6.07, 6.45) is 1.69. The highest BCUT2D eigenvalue weighted by atomic mass is 32.2. The molecular formula is C15H12N4O3S2. The van der Waals surface area contributed by atoms with Crippen LogP contribution in [0.3, 0.4) is 0 Å². The van der Waals surface area contributed by atoms with Crippen LogP contribution >= 0.6 is 23.1 Å². The van der Waals surface area contributed by atoms with Crippen LogP contribution in [0.5, 0.6) is 0 Å². The summed E-state index contributed by atoms with van der Waals surface area (Å²) in [4.78, 5) is 24.5. The minimum Gasteiger partial charge on any atom is -0.267 e. The van der Waals surface area contributed by atoms with Crippen LogP contribution in [0.25, 0.3) is 6.08 Å². The van der Waals surface area contributed by atoms with Gasteiger partial charge in [0.15, 0.2) is 5.50 Å². The molecule has 2 aliphatic heterocycles. The van der Waals surface area contributed by atoms with E-state index in [1.807, 2.05) is 17.5 Å². The lowest BCUT2D eigenvalue weighted by Gasteiger charge is -2.12. The number of carbonyl (C=O) groups is 1. The molecule has 122 valence electrons. The molecule has 2 aromatic rings. The molecule has 2 unspecified atom stereocenters. The van der Waals surface area contributed by atoms with E-state index in [-0.39, 0.29) is 23.3 Å². The zero-order chi connectivity index (χ0) is 16.7. The van der Waals surface area contributed by atoms with Crippen molar-refractivity contribution in [3.63, 3.8) is 0 Å². The summed E-state index contributed by atoms with van der Waals surface area (Å²) >= 11 is 3.06. The van der Waals surface area contributed by atoms with Gasteiger partial charge in [0, 0.05) is 17.0 Å². The van der Waals surface area contributed by atoms with Gasteiger partial charge in [0.2, 0.25) is 0 Å². The molecule has 1 aromatic heterocycles. The van der Waals surface area contributed by atoms with E-state index >= 15 is 0 Å². The second-order valence-electron chi connectivity index (χ2n) is 5.25. The fourth-order valence-corrected chi connectivity index (χ4v) is 4.38. The van der Waals surface area contributed by atoms with Gasteiger partial charge in [-0.1, -0.05) is 17.8 Å². The van der Waals surface area contributed by atoms with E-state index in [0.717, 1.165) is 10.4 Å². The Labute approximate surface area is 145 Å². The Kier molecular flexibility index (Phi) is 3.85. The Bertz CT molecular complexity index is 820. The Morgan fingerprint density at radius 3 is 2.67 bits per heavy atom. The lowest BCUT2D eigenvalue weighted by atomic mass is 10.2. The minimum absolute atomic E-state index is 0.0327. The number of hydrogen-bond acceptors (Lipinski definition) is 7. The molecule has 0 aliphatic carbocycles. The highest BCUT2D eigenvalue weighted by Gasteiger charge is 2.43. The van der Waals surface area contributed by atoms with E-state index in [9.17, 15) is 14.9 Å². The van der Waals surface area contributed by atoms with E-state index < -0.39 is 4.92 Å². The maximum absolute atomic E-state index is 12.5. The summed E-state index contributed by atoms with van der Waals surface area (Å²) in [5, 5.41) is 17.6. The lowest BCUT2D eigenvalue weighted by Crippen LogP contribution is -2.37. The summed E-state index contributed by atoms with van der Waals surface area (Å²) in [5.41, 5.74) is 3.81. The Balaban J connectivity index is 1.50. The molecule has 2 atom stereocenters. The predicted octanol–water partition coefficient (Wildman–Crippen LogP) is 2.66. The first kappa shape index (κ1) is 15.3. The third-order valence-electron chi connectivity index (χ3n) is 3.71. The molecule has 0 radical (unpaired) electrons. The number of thioether (sulfide) groups is 1. The first-order valence-electron chi connectivity index (χ1n) is 7.14. The van der Waals surface area contributed by atoms with Crippen LogP contribution in [0.15, 0.2) is 46.7 Å². The molecule has 2 N–H and O–H groups in total. The van der Waals surface area contributed by atoms with Crippen molar-refractivity contribution in [2.75, 3.05) is 0 Å². The number of thiophene rings is 1. The number of non-ortho nitro benzene ring substituents is 1. The summed E-state index contributed by atoms with van der Waals surface area (Å²) in [7, 11) is 0. The Morgan fingerprint density at radius 1 is 1.25 bits per heavy atom. The van der Waals surface area contributed by atoms with Gasteiger partial charge < -0.3 is 0 Å². The van der Waals surface area contributed by atoms with Gasteiger partial charge in [0.05, 0.1) is 9.83 Å². The molecule has 24 heavy (non-hydrogen) atoms. The molecule has 1 amide bonds. The fraction of sp³-hybridized carbons (Fsp3) is 0.133. The number of amides is 1. The van der Waals surface area contributed by atoms with Gasteiger partial charge in [-0.05, 0) is 35.2 Å². The smallest absolute Gasteiger partial charge is 0.267 e. The zero-order valence-corrected chi connectivity index (χ0v) is 13.8. The van der Waals surface area contributed by atoms with Crippen LogP contribution in [-0.2, 0) is 4.79 Å². The van der Waals surface area contributed by atoms with Gasteiger partial charge in [-0.3, -0.25) is 20.2 Å². The van der Waals surface area contributed by atoms with Crippen molar-refractivity contribution in [3.05, 3.63) is 67.2 Å². The van der Waals surface area contributed by atoms with Gasteiger partial charge in [-0.15, -0.1) is 11.3 Å². The van der Waals surface area contributed by atoms with Crippen LogP contribution in [0.2, 0.25) is 0 Å². The predicted molar refractivity (Wildman–Crippen MR) is 92.6 cm³/mol. The maximum atomic E-state index is 12.5. The Hall–Kier alpha value is -2.20. The number of nitrogens with zero attached hydrogens (tertiary/aromatic N) is 2. The monoisotopic (exact) mass is 360 g/mol. The van der Waals surface area contributed by atoms with Crippen molar-refractivity contribution < 1.29 is 9.72 Å². The molecule has 0 spiro atoms. The summed E-state index contributed by atoms with van der Waals surface area (Å²) < 4.78 is 0. The molecular weight excluding hydrogens is 348 g/mol. The number of benzene rings is 1. The van der Waals surface area contributed by atoms with Crippen LogP contribution in [0, 0.1) is 10.1 Å². The molecule has 0 saturated carbocycles. The van der Waals surface area contributed by atoms with Crippen molar-refractivity contribution >= 4 is 40.8 Å². The molecule has 2 saturated heterocycles. The van der Waals surface area contributed by atoms with Crippen molar-refractivity contribution in [3.8, 4) is 0 Å². The topological polar surface area (TPSA) is 87.5 Å². The maximum Gasteiger partial charge on any atom is 0.276 e. The Morgan fingerprint density at radius 2 is 2.04 bits per heavy atom. The SMILES string of the molecule is O=C1/C(=C\c2ccc([N+](=O)[O-])cc2)SC2NC(c3cccs3)NN12. The van der Waals surface area contributed by atoms with Crippen LogP contribution < -0.4 is 10.7 Å². The number of hydrogen-bond donors (Lipinski definition) is 2. The van der Waals surface area contributed by atoms with Crippen molar-refractivity contribution in [2.45, 2.75) is 11.7 Å². The number of fused-ring (bicyclic) bond motifs is 1. The van der Waals surface area contributed by atoms with Crippen molar-refractivity contribution in [2.24, 2.45) is 0 Å². The molecule has 0 bridgehead atoms. The second kappa shape index (κ2) is 6.02. The van der Waals surface area contributed by atoms with E-state index in [1.54, 1.807) is 34.6 Å². The zero-order valence-electron chi connectivity index (χ0n) is 12.2. The van der Waals surface area contributed by atoms with Gasteiger partial charge in [0.25, 0.3) is 11.6 Å². The van der Waals surface area contributed by atoms with E-state index in [2.05, 4.69) is 10.7 Å². The van der Waals surface area contributed by atoms with Crippen molar-refractivity contribution in [1.29, 1.82) is 0 Å². The lowest BCUT2D eigenvalue weighted by molar-refractivity contribution is -0.384. The normalized spacial score (nSPS) is 24.6. The number of hydrazine groups is 1. The third kappa shape index (κ3) is 2.71. The number of nitrogens with one attached hydrogen (secondary N) is 2. The van der Waals surface area contributed by atoms with E-state index in [1.165, 1.54) is 23.9 Å². The number of nitro groups is 1. The first-order chi connectivity index (χ1) is 11.6. The molecule has 9 heteroatoms. The number of nitro benzene ring substituents is 1. The third-order valence-corrected chi connectivity index (χ3v) is 5.76. The van der Waals surface area contributed by atoms with E-state index in [0.29, 0.717) is 4.91 Å². The number of carbonyl (C=O) groups excluding carboxylic acids is 1. The average Bonchev–Trinajstić information content (AvgIpc) is 3.27.